The van der Waals surface area contributed by atoms with E-state index in [-0.39, 0.29) is 24.9 Å². The van der Waals surface area contributed by atoms with E-state index >= 15 is 0 Å². The number of nitrogens with zero attached hydrogens (tertiary/aromatic N) is 1. The summed E-state index contributed by atoms with van der Waals surface area (Å²) in [7, 11) is 0. The highest BCUT2D eigenvalue weighted by Crippen LogP contribution is 2.41. The maximum atomic E-state index is 12.2. The van der Waals surface area contributed by atoms with Crippen molar-refractivity contribution >= 4 is 22.8 Å². The van der Waals surface area contributed by atoms with Crippen LogP contribution in [0.15, 0.2) is 48.5 Å². The number of aromatic nitrogens is 1. The van der Waals surface area contributed by atoms with Crippen LogP contribution in [0.1, 0.15) is 36.4 Å². The summed E-state index contributed by atoms with van der Waals surface area (Å²) in [4.78, 5) is 22.9. The van der Waals surface area contributed by atoms with Crippen LogP contribution < -0.4 is 10.5 Å². The van der Waals surface area contributed by atoms with E-state index in [2.05, 4.69) is 4.57 Å². The van der Waals surface area contributed by atoms with Crippen molar-refractivity contribution < 1.29 is 19.4 Å². The lowest BCUT2D eigenvalue weighted by Gasteiger charge is -2.22. The van der Waals surface area contributed by atoms with Gasteiger partial charge in [0.1, 0.15) is 5.75 Å². The zero-order valence-corrected chi connectivity index (χ0v) is 15.4. The molecule has 0 saturated carbocycles. The average molecular weight is 378 g/mol. The van der Waals surface area contributed by atoms with Gasteiger partial charge in [0, 0.05) is 16.8 Å². The van der Waals surface area contributed by atoms with E-state index in [0.717, 1.165) is 47.1 Å². The predicted molar refractivity (Wildman–Crippen MR) is 106 cm³/mol. The number of ether oxygens (including phenoxy) is 1. The molecule has 3 aromatic rings. The van der Waals surface area contributed by atoms with Crippen molar-refractivity contribution in [1.29, 1.82) is 0 Å². The van der Waals surface area contributed by atoms with Gasteiger partial charge >= 0.3 is 5.97 Å². The molecule has 6 nitrogen and oxygen atoms in total. The second-order valence-electron chi connectivity index (χ2n) is 7.05. The Labute approximate surface area is 162 Å². The summed E-state index contributed by atoms with van der Waals surface area (Å²) in [6.07, 6.45) is 2.45. The molecule has 4 rings (SSSR count). The molecule has 0 bridgehead atoms. The number of carbonyl (C=O) groups excluding carboxylic acids is 1. The lowest BCUT2D eigenvalue weighted by molar-refractivity contribution is -0.137. The maximum absolute atomic E-state index is 12.2. The summed E-state index contributed by atoms with van der Waals surface area (Å²) < 4.78 is 7.82. The third-order valence-corrected chi connectivity index (χ3v) is 5.28. The number of fused-ring (bicyclic) bond motifs is 3. The molecule has 0 radical (unpaired) electrons. The lowest BCUT2D eigenvalue weighted by atomic mass is 9.84. The molecule has 28 heavy (non-hydrogen) atoms. The molecule has 1 aliphatic rings. The molecular weight excluding hydrogens is 356 g/mol. The topological polar surface area (TPSA) is 94.6 Å². The highest BCUT2D eigenvalue weighted by atomic mass is 16.5. The second-order valence-corrected chi connectivity index (χ2v) is 7.05. The summed E-state index contributed by atoms with van der Waals surface area (Å²) in [5.41, 5.74) is 9.85. The van der Waals surface area contributed by atoms with Gasteiger partial charge in [-0.15, -0.1) is 0 Å². The van der Waals surface area contributed by atoms with Crippen LogP contribution >= 0.6 is 0 Å². The molecule has 2 aromatic carbocycles. The number of rotatable bonds is 6. The molecule has 1 unspecified atom stereocenters. The molecule has 1 aliphatic carbocycles. The second kappa shape index (κ2) is 7.38. The lowest BCUT2D eigenvalue weighted by Crippen LogP contribution is -2.25. The van der Waals surface area contributed by atoms with Gasteiger partial charge in [-0.05, 0) is 55.2 Å². The molecule has 1 aromatic heterocycles. The highest BCUT2D eigenvalue weighted by molar-refractivity contribution is 5.95. The number of amides is 1. The van der Waals surface area contributed by atoms with Crippen molar-refractivity contribution in [2.24, 2.45) is 5.73 Å². The van der Waals surface area contributed by atoms with Crippen LogP contribution in [0, 0.1) is 0 Å². The van der Waals surface area contributed by atoms with Crippen LogP contribution in [-0.4, -0.2) is 28.2 Å². The number of hydrogen-bond donors (Lipinski definition) is 2. The summed E-state index contributed by atoms with van der Waals surface area (Å²) >= 11 is 0. The van der Waals surface area contributed by atoms with Crippen LogP contribution in [0.25, 0.3) is 16.6 Å². The van der Waals surface area contributed by atoms with Gasteiger partial charge in [-0.25, -0.2) is 0 Å². The fourth-order valence-corrected chi connectivity index (χ4v) is 4.10. The van der Waals surface area contributed by atoms with E-state index in [0.29, 0.717) is 5.75 Å². The third kappa shape index (κ3) is 3.22. The molecule has 0 aliphatic heterocycles. The first-order valence-corrected chi connectivity index (χ1v) is 9.43. The third-order valence-electron chi connectivity index (χ3n) is 5.28. The minimum absolute atomic E-state index is 0.0644. The Morgan fingerprint density at radius 3 is 2.68 bits per heavy atom. The monoisotopic (exact) mass is 378 g/mol. The predicted octanol–water partition coefficient (Wildman–Crippen LogP) is 3.39. The SMILES string of the molecule is NC(=O)C1CCCc2c1c1cc(OCCC(=O)O)ccc1n2-c1ccccc1. The van der Waals surface area contributed by atoms with E-state index < -0.39 is 5.97 Å². The standard InChI is InChI=1S/C22H22N2O4/c23-22(27)16-7-4-8-19-21(16)17-13-15(28-12-11-20(25)26)9-10-18(17)24(19)14-5-2-1-3-6-14/h1-3,5-6,9-10,13,16H,4,7-8,11-12H2,(H2,23,27)(H,25,26). The molecule has 144 valence electrons. The number of nitrogens with two attached hydrogens (primary N) is 1. The molecule has 3 N–H and O–H groups in total. The summed E-state index contributed by atoms with van der Waals surface area (Å²) in [6, 6.07) is 15.8. The van der Waals surface area contributed by atoms with E-state index in [9.17, 15) is 9.59 Å². The van der Waals surface area contributed by atoms with Gasteiger partial charge in [-0.2, -0.15) is 0 Å². The number of benzene rings is 2. The first kappa shape index (κ1) is 18.1. The maximum Gasteiger partial charge on any atom is 0.306 e. The van der Waals surface area contributed by atoms with E-state index in [1.807, 2.05) is 48.5 Å². The van der Waals surface area contributed by atoms with Gasteiger partial charge in [0.2, 0.25) is 5.91 Å². The molecule has 0 spiro atoms. The summed E-state index contributed by atoms with van der Waals surface area (Å²) in [5, 5.41) is 9.75. The van der Waals surface area contributed by atoms with Crippen LogP contribution in [0.4, 0.5) is 0 Å². The van der Waals surface area contributed by atoms with Gasteiger partial charge in [-0.3, -0.25) is 9.59 Å². The van der Waals surface area contributed by atoms with Crippen molar-refractivity contribution in [2.45, 2.75) is 31.6 Å². The minimum atomic E-state index is -0.900. The van der Waals surface area contributed by atoms with E-state index in [1.165, 1.54) is 0 Å². The molecule has 0 saturated heterocycles. The smallest absolute Gasteiger partial charge is 0.306 e. The Kier molecular flexibility index (Phi) is 4.77. The normalized spacial score (nSPS) is 15.9. The average Bonchev–Trinajstić information content (AvgIpc) is 3.02. The summed E-state index contributed by atoms with van der Waals surface area (Å²) in [5.74, 6) is -0.950. The van der Waals surface area contributed by atoms with Crippen molar-refractivity contribution in [3.05, 3.63) is 59.8 Å². The number of primary amides is 1. The fourth-order valence-electron chi connectivity index (χ4n) is 4.10. The number of aliphatic carboxylic acids is 1. The summed E-state index contributed by atoms with van der Waals surface area (Å²) in [6.45, 7) is 0.0989. The number of carbonyl (C=O) groups is 2. The largest absolute Gasteiger partial charge is 0.493 e. The molecule has 0 fully saturated rings. The molecule has 6 heteroatoms. The quantitative estimate of drug-likeness (QED) is 0.687. The van der Waals surface area contributed by atoms with E-state index in [1.54, 1.807) is 0 Å². The van der Waals surface area contributed by atoms with Crippen molar-refractivity contribution in [1.82, 2.24) is 4.57 Å². The minimum Gasteiger partial charge on any atom is -0.493 e. The van der Waals surface area contributed by atoms with Crippen LogP contribution in [0.3, 0.4) is 0 Å². The van der Waals surface area contributed by atoms with Crippen molar-refractivity contribution in [3.8, 4) is 11.4 Å². The zero-order chi connectivity index (χ0) is 19.7. The molecular formula is C22H22N2O4. The Morgan fingerprint density at radius 1 is 1.18 bits per heavy atom. The van der Waals surface area contributed by atoms with Gasteiger partial charge in [-0.1, -0.05) is 18.2 Å². The molecule has 1 atom stereocenters. The van der Waals surface area contributed by atoms with Crippen molar-refractivity contribution in [3.63, 3.8) is 0 Å². The van der Waals surface area contributed by atoms with Crippen LogP contribution in [0.2, 0.25) is 0 Å². The molecule has 1 heterocycles. The van der Waals surface area contributed by atoms with Gasteiger partial charge in [0.15, 0.2) is 0 Å². The Balaban J connectivity index is 1.88. The number of carboxylic acids is 1. The van der Waals surface area contributed by atoms with Gasteiger partial charge in [0.25, 0.3) is 0 Å². The Hall–Kier alpha value is -3.28. The van der Waals surface area contributed by atoms with Crippen LogP contribution in [0.5, 0.6) is 5.75 Å². The first-order chi connectivity index (χ1) is 13.6. The van der Waals surface area contributed by atoms with Crippen molar-refractivity contribution in [2.75, 3.05) is 6.61 Å². The molecule has 1 amide bonds. The Morgan fingerprint density at radius 2 is 1.96 bits per heavy atom. The van der Waals surface area contributed by atoms with E-state index in [4.69, 9.17) is 15.6 Å². The Bertz CT molecular complexity index is 1040. The van der Waals surface area contributed by atoms with Gasteiger partial charge in [0.05, 0.1) is 24.5 Å². The number of hydrogen-bond acceptors (Lipinski definition) is 3. The number of carboxylic acid groups (broad SMARTS) is 1. The highest BCUT2D eigenvalue weighted by Gasteiger charge is 2.31. The fraction of sp³-hybridized carbons (Fsp3) is 0.273. The number of para-hydroxylation sites is 1. The zero-order valence-electron chi connectivity index (χ0n) is 15.4. The van der Waals surface area contributed by atoms with Crippen LogP contribution in [-0.2, 0) is 16.0 Å². The first-order valence-electron chi connectivity index (χ1n) is 9.43. The van der Waals surface area contributed by atoms with Gasteiger partial charge < -0.3 is 20.1 Å².